The van der Waals surface area contributed by atoms with Crippen LogP contribution in [0.2, 0.25) is 0 Å². The number of para-hydroxylation sites is 2. The number of aromatic nitrogens is 2. The number of ether oxygens (including phenoxy) is 1. The molecule has 0 saturated heterocycles. The van der Waals surface area contributed by atoms with Crippen molar-refractivity contribution in [3.8, 4) is 0 Å². The van der Waals surface area contributed by atoms with Gasteiger partial charge in [0.15, 0.2) is 5.60 Å². The number of benzene rings is 3. The van der Waals surface area contributed by atoms with Gasteiger partial charge in [-0.2, -0.15) is 0 Å². The summed E-state index contributed by atoms with van der Waals surface area (Å²) >= 11 is 0. The number of aliphatic hydroxyl groups is 2. The molecule has 7 rings (SSSR count). The molecule has 3 amide bonds. The van der Waals surface area contributed by atoms with Gasteiger partial charge in [0.2, 0.25) is 0 Å². The van der Waals surface area contributed by atoms with Gasteiger partial charge in [-0.15, -0.1) is 0 Å². The second-order valence-corrected chi connectivity index (χ2v) is 9.90. The molecule has 10 nitrogen and oxygen atoms in total. The van der Waals surface area contributed by atoms with E-state index in [1.54, 1.807) is 4.57 Å². The minimum atomic E-state index is -2.20. The van der Waals surface area contributed by atoms with Crippen LogP contribution >= 0.6 is 0 Å². The molecule has 4 heterocycles. The Balaban J connectivity index is 1.67. The zero-order valence-corrected chi connectivity index (χ0v) is 20.4. The Hall–Kier alpha value is -4.25. The zero-order chi connectivity index (χ0) is 26.3. The summed E-state index contributed by atoms with van der Waals surface area (Å²) < 4.78 is 8.66. The van der Waals surface area contributed by atoms with E-state index in [1.807, 2.05) is 53.1 Å². The average molecular weight is 513 g/mol. The Morgan fingerprint density at radius 2 is 1.55 bits per heavy atom. The maximum atomic E-state index is 13.4. The normalized spacial score (nSPS) is 20.9. The molecule has 0 fully saturated rings. The molecule has 192 valence electrons. The van der Waals surface area contributed by atoms with Gasteiger partial charge in [0.05, 0.1) is 41.9 Å². The van der Waals surface area contributed by atoms with Gasteiger partial charge in [-0.05, 0) is 12.1 Å². The van der Waals surface area contributed by atoms with E-state index in [-0.39, 0.29) is 31.8 Å². The van der Waals surface area contributed by atoms with Crippen molar-refractivity contribution < 1.29 is 29.3 Å². The molecule has 4 N–H and O–H groups in total. The summed E-state index contributed by atoms with van der Waals surface area (Å²) in [4.78, 5) is 39.8. The standard InChI is InChI=1S/C28H24N4O6/c1-38-11-10-29-27(36)28(37)13-32-17-9-5-3-7-15(17)20-22-21(25(34)30-26(22)35)19-14-6-2-4-8-16(14)31(12-18(28)33)23(19)24(20)32/h2-9,18,33,37H,10-13H2,1H3,(H,29,36)(H,30,34,35). The third kappa shape index (κ3) is 2.79. The summed E-state index contributed by atoms with van der Waals surface area (Å²) in [5, 5.41) is 31.1. The van der Waals surface area contributed by atoms with Crippen LogP contribution in [0.4, 0.5) is 0 Å². The number of rotatable bonds is 4. The highest BCUT2D eigenvalue weighted by atomic mass is 16.5. The lowest BCUT2D eigenvalue weighted by molar-refractivity contribution is -0.156. The molecular formula is C28H24N4O6. The molecule has 2 aliphatic heterocycles. The molecule has 0 radical (unpaired) electrons. The van der Waals surface area contributed by atoms with Crippen LogP contribution < -0.4 is 10.6 Å². The first-order valence-corrected chi connectivity index (χ1v) is 12.4. The highest BCUT2D eigenvalue weighted by Crippen LogP contribution is 2.46. The molecule has 0 spiro atoms. The maximum Gasteiger partial charge on any atom is 0.259 e. The number of aliphatic hydroxyl groups excluding tert-OH is 1. The fourth-order valence-corrected chi connectivity index (χ4v) is 6.20. The third-order valence-electron chi connectivity index (χ3n) is 7.89. The van der Waals surface area contributed by atoms with E-state index in [4.69, 9.17) is 4.74 Å². The Morgan fingerprint density at radius 3 is 2.16 bits per heavy atom. The Morgan fingerprint density at radius 1 is 1.00 bits per heavy atom. The molecule has 2 unspecified atom stereocenters. The largest absolute Gasteiger partial charge is 0.388 e. The van der Waals surface area contributed by atoms with Gasteiger partial charge in [0.1, 0.15) is 6.10 Å². The van der Waals surface area contributed by atoms with Crippen LogP contribution in [0.25, 0.3) is 43.6 Å². The molecule has 10 heteroatoms. The fourth-order valence-electron chi connectivity index (χ4n) is 6.20. The van der Waals surface area contributed by atoms with Crippen LogP contribution in [-0.4, -0.2) is 69.0 Å². The topological polar surface area (TPSA) is 135 Å². The van der Waals surface area contributed by atoms with E-state index < -0.39 is 29.4 Å². The van der Waals surface area contributed by atoms with Crippen LogP contribution in [0, 0.1) is 0 Å². The van der Waals surface area contributed by atoms with Crippen LogP contribution in [0.5, 0.6) is 0 Å². The van der Waals surface area contributed by atoms with Crippen molar-refractivity contribution in [2.45, 2.75) is 24.8 Å². The summed E-state index contributed by atoms with van der Waals surface area (Å²) in [5.41, 5.74) is 1.05. The van der Waals surface area contributed by atoms with Crippen LogP contribution in [-0.2, 0) is 22.6 Å². The van der Waals surface area contributed by atoms with E-state index in [1.165, 1.54) is 7.11 Å². The number of nitrogens with one attached hydrogen (secondary N) is 2. The number of carbonyl (C=O) groups excluding carboxylic acids is 3. The summed E-state index contributed by atoms with van der Waals surface area (Å²) in [5.74, 6) is -1.68. The molecule has 0 bridgehead atoms. The highest BCUT2D eigenvalue weighted by molar-refractivity contribution is 6.39. The number of hydrogen-bond donors (Lipinski definition) is 4. The summed E-state index contributed by atoms with van der Waals surface area (Å²) in [6.45, 7) is 0.0377. The van der Waals surface area contributed by atoms with E-state index in [9.17, 15) is 24.6 Å². The first-order chi connectivity index (χ1) is 18.4. The lowest BCUT2D eigenvalue weighted by Gasteiger charge is -2.34. The van der Waals surface area contributed by atoms with Crippen molar-refractivity contribution in [3.05, 3.63) is 59.7 Å². The number of hydrogen-bond acceptors (Lipinski definition) is 6. The number of fused-ring (bicyclic) bond motifs is 9. The summed E-state index contributed by atoms with van der Waals surface area (Å²) in [6.07, 6.45) is -1.49. The number of imide groups is 1. The van der Waals surface area contributed by atoms with E-state index in [2.05, 4.69) is 10.6 Å². The molecule has 2 aromatic heterocycles. The monoisotopic (exact) mass is 512 g/mol. The predicted octanol–water partition coefficient (Wildman–Crippen LogP) is 1.65. The van der Waals surface area contributed by atoms with Crippen molar-refractivity contribution >= 4 is 61.3 Å². The second kappa shape index (κ2) is 7.87. The second-order valence-electron chi connectivity index (χ2n) is 9.90. The Bertz CT molecular complexity index is 1870. The van der Waals surface area contributed by atoms with Crippen molar-refractivity contribution in [2.24, 2.45) is 0 Å². The Kier molecular flexibility index (Phi) is 4.75. The molecule has 38 heavy (non-hydrogen) atoms. The van der Waals surface area contributed by atoms with Gasteiger partial charge in [-0.3, -0.25) is 19.7 Å². The zero-order valence-electron chi connectivity index (χ0n) is 20.4. The smallest absolute Gasteiger partial charge is 0.259 e. The number of methoxy groups -OCH3 is 1. The van der Waals surface area contributed by atoms with E-state index in [0.29, 0.717) is 43.8 Å². The molecule has 3 aromatic carbocycles. The van der Waals surface area contributed by atoms with Crippen molar-refractivity contribution in [3.63, 3.8) is 0 Å². The molecule has 0 saturated carbocycles. The van der Waals surface area contributed by atoms with Gasteiger partial charge >= 0.3 is 0 Å². The van der Waals surface area contributed by atoms with Gasteiger partial charge < -0.3 is 29.4 Å². The molecule has 2 aliphatic rings. The van der Waals surface area contributed by atoms with E-state index in [0.717, 1.165) is 5.39 Å². The lowest BCUT2D eigenvalue weighted by atomic mass is 9.93. The average Bonchev–Trinajstić information content (AvgIpc) is 3.51. The van der Waals surface area contributed by atoms with Crippen LogP contribution in [0.1, 0.15) is 20.7 Å². The van der Waals surface area contributed by atoms with E-state index >= 15 is 0 Å². The third-order valence-corrected chi connectivity index (χ3v) is 7.89. The van der Waals surface area contributed by atoms with Crippen LogP contribution in [0.15, 0.2) is 48.5 Å². The summed E-state index contributed by atoms with van der Waals surface area (Å²) in [6, 6.07) is 14.8. The number of nitrogens with zero attached hydrogens (tertiary/aromatic N) is 2. The molecule has 5 aromatic rings. The quantitative estimate of drug-likeness (QED) is 0.214. The van der Waals surface area contributed by atoms with Crippen molar-refractivity contribution in [1.82, 2.24) is 19.8 Å². The number of amides is 3. The van der Waals surface area contributed by atoms with Gasteiger partial charge in [-0.1, -0.05) is 36.4 Å². The first-order valence-electron chi connectivity index (χ1n) is 12.4. The Labute approximate surface area is 215 Å². The van der Waals surface area contributed by atoms with Crippen molar-refractivity contribution in [1.29, 1.82) is 0 Å². The highest BCUT2D eigenvalue weighted by Gasteiger charge is 2.47. The van der Waals surface area contributed by atoms with Gasteiger partial charge in [-0.25, -0.2) is 0 Å². The minimum absolute atomic E-state index is 0.108. The van der Waals surface area contributed by atoms with Gasteiger partial charge in [0.25, 0.3) is 17.7 Å². The van der Waals surface area contributed by atoms with Crippen LogP contribution in [0.3, 0.4) is 0 Å². The van der Waals surface area contributed by atoms with Crippen molar-refractivity contribution in [2.75, 3.05) is 20.3 Å². The molecule has 0 aliphatic carbocycles. The van der Waals surface area contributed by atoms with Gasteiger partial charge in [0, 0.05) is 46.2 Å². The minimum Gasteiger partial charge on any atom is -0.388 e. The maximum absolute atomic E-state index is 13.4. The summed E-state index contributed by atoms with van der Waals surface area (Å²) in [7, 11) is 1.51. The predicted molar refractivity (Wildman–Crippen MR) is 140 cm³/mol. The number of carbonyl (C=O) groups is 3. The fraction of sp³-hybridized carbons (Fsp3) is 0.250. The first kappa shape index (κ1) is 22.9. The molecular weight excluding hydrogens is 488 g/mol. The molecule has 2 atom stereocenters. The lowest BCUT2D eigenvalue weighted by Crippen LogP contribution is -2.59. The SMILES string of the molecule is COCCNC(=O)C1(O)Cn2c3ccccc3c3c4c(c5c6ccccc6n(c5c32)CC1O)C(=O)NC4=O.